The number of halogens is 2. The van der Waals surface area contributed by atoms with Crippen molar-refractivity contribution in [3.05, 3.63) is 67.8 Å². The van der Waals surface area contributed by atoms with Gasteiger partial charge in [0, 0.05) is 36.5 Å². The van der Waals surface area contributed by atoms with Crippen molar-refractivity contribution >= 4 is 40.4 Å². The highest BCUT2D eigenvalue weighted by Crippen LogP contribution is 2.43. The summed E-state index contributed by atoms with van der Waals surface area (Å²) in [5.41, 5.74) is 2.15. The van der Waals surface area contributed by atoms with E-state index in [0.717, 1.165) is 31.7 Å². The van der Waals surface area contributed by atoms with E-state index in [2.05, 4.69) is 47.2 Å². The molecule has 0 aliphatic carbocycles. The van der Waals surface area contributed by atoms with Gasteiger partial charge in [-0.3, -0.25) is 9.69 Å². The number of fused-ring (bicyclic) bond motifs is 1. The van der Waals surface area contributed by atoms with Crippen LogP contribution in [0.25, 0.3) is 0 Å². The van der Waals surface area contributed by atoms with Crippen LogP contribution in [-0.2, 0) is 16.6 Å². The molecule has 6 heteroatoms. The van der Waals surface area contributed by atoms with Gasteiger partial charge in [-0.25, -0.2) is 0 Å². The van der Waals surface area contributed by atoms with E-state index in [0.29, 0.717) is 16.5 Å². The standard InChI is InChI=1S/C22H24Cl2N2OS/c1-22(2)14-26(20(27)12-15-5-6-17(23)18(24)11-15)19(13-25-8-3-4-9-25)16-7-10-28-21(16)22/h3-7,10-11,19H,8-9,12-14H2,1-2H3. The van der Waals surface area contributed by atoms with Crippen molar-refractivity contribution in [2.24, 2.45) is 0 Å². The number of amides is 1. The van der Waals surface area contributed by atoms with Crippen molar-refractivity contribution in [2.45, 2.75) is 31.7 Å². The van der Waals surface area contributed by atoms with Crippen LogP contribution in [-0.4, -0.2) is 41.9 Å². The number of hydrogen-bond acceptors (Lipinski definition) is 3. The number of benzene rings is 1. The molecule has 0 saturated heterocycles. The predicted molar refractivity (Wildman–Crippen MR) is 118 cm³/mol. The molecule has 0 spiro atoms. The van der Waals surface area contributed by atoms with Crippen LogP contribution in [0.5, 0.6) is 0 Å². The van der Waals surface area contributed by atoms with Crippen LogP contribution in [0.4, 0.5) is 0 Å². The van der Waals surface area contributed by atoms with Gasteiger partial charge in [-0.2, -0.15) is 0 Å². The van der Waals surface area contributed by atoms with Crippen molar-refractivity contribution in [1.29, 1.82) is 0 Å². The van der Waals surface area contributed by atoms with Crippen molar-refractivity contribution < 1.29 is 4.79 Å². The Kier molecular flexibility index (Phi) is 5.58. The van der Waals surface area contributed by atoms with Gasteiger partial charge in [0.1, 0.15) is 0 Å². The molecule has 0 bridgehead atoms. The fourth-order valence-electron chi connectivity index (χ4n) is 4.21. The summed E-state index contributed by atoms with van der Waals surface area (Å²) in [6, 6.07) is 7.73. The van der Waals surface area contributed by atoms with E-state index in [1.54, 1.807) is 12.1 Å². The van der Waals surface area contributed by atoms with Gasteiger partial charge in [0.05, 0.1) is 22.5 Å². The smallest absolute Gasteiger partial charge is 0.227 e. The summed E-state index contributed by atoms with van der Waals surface area (Å²) < 4.78 is 0. The maximum Gasteiger partial charge on any atom is 0.227 e. The Morgan fingerprint density at radius 2 is 1.93 bits per heavy atom. The van der Waals surface area contributed by atoms with Crippen molar-refractivity contribution in [1.82, 2.24) is 9.80 Å². The maximum atomic E-state index is 13.4. The van der Waals surface area contributed by atoms with E-state index in [-0.39, 0.29) is 17.4 Å². The minimum absolute atomic E-state index is 0.0451. The minimum Gasteiger partial charge on any atom is -0.333 e. The van der Waals surface area contributed by atoms with Crippen LogP contribution in [0.1, 0.15) is 35.9 Å². The third kappa shape index (κ3) is 3.88. The molecule has 148 valence electrons. The van der Waals surface area contributed by atoms with E-state index in [9.17, 15) is 4.79 Å². The molecule has 2 aliphatic rings. The molecular weight excluding hydrogens is 411 g/mol. The summed E-state index contributed by atoms with van der Waals surface area (Å²) in [7, 11) is 0. The Labute approximate surface area is 180 Å². The van der Waals surface area contributed by atoms with Crippen LogP contribution >= 0.6 is 34.5 Å². The SMILES string of the molecule is CC1(C)CN(C(=O)Cc2ccc(Cl)c(Cl)c2)C(CN2CC=CC2)c2ccsc21. The van der Waals surface area contributed by atoms with Gasteiger partial charge in [-0.15, -0.1) is 11.3 Å². The van der Waals surface area contributed by atoms with E-state index in [1.807, 2.05) is 17.4 Å². The third-order valence-electron chi connectivity index (χ3n) is 5.60. The maximum absolute atomic E-state index is 13.4. The lowest BCUT2D eigenvalue weighted by molar-refractivity contribution is -0.135. The Morgan fingerprint density at radius 3 is 2.64 bits per heavy atom. The van der Waals surface area contributed by atoms with Crippen LogP contribution in [0, 0.1) is 0 Å². The Balaban J connectivity index is 1.62. The first kappa shape index (κ1) is 20.0. The number of carbonyl (C=O) groups excluding carboxylic acids is 1. The van der Waals surface area contributed by atoms with Gasteiger partial charge < -0.3 is 4.90 Å². The van der Waals surface area contributed by atoms with Crippen LogP contribution in [0.2, 0.25) is 10.0 Å². The first-order valence-electron chi connectivity index (χ1n) is 9.54. The lowest BCUT2D eigenvalue weighted by Gasteiger charge is -2.45. The number of nitrogens with zero attached hydrogens (tertiary/aromatic N) is 2. The number of hydrogen-bond donors (Lipinski definition) is 0. The zero-order chi connectivity index (χ0) is 19.9. The summed E-state index contributed by atoms with van der Waals surface area (Å²) in [6.45, 7) is 7.96. The van der Waals surface area contributed by atoms with E-state index < -0.39 is 0 Å². The highest BCUT2D eigenvalue weighted by molar-refractivity contribution is 7.10. The topological polar surface area (TPSA) is 23.6 Å². The zero-order valence-corrected chi connectivity index (χ0v) is 18.4. The molecule has 1 unspecified atom stereocenters. The van der Waals surface area contributed by atoms with Crippen LogP contribution in [0.3, 0.4) is 0 Å². The number of thiophene rings is 1. The van der Waals surface area contributed by atoms with Gasteiger partial charge in [-0.05, 0) is 34.7 Å². The van der Waals surface area contributed by atoms with Crippen molar-refractivity contribution in [3.63, 3.8) is 0 Å². The summed E-state index contributed by atoms with van der Waals surface area (Å²) in [4.78, 5) is 19.3. The first-order chi connectivity index (χ1) is 13.3. The molecule has 0 fully saturated rings. The van der Waals surface area contributed by atoms with E-state index in [4.69, 9.17) is 23.2 Å². The molecule has 0 saturated carbocycles. The quantitative estimate of drug-likeness (QED) is 0.606. The lowest BCUT2D eigenvalue weighted by Crippen LogP contribution is -2.50. The molecule has 2 aromatic rings. The van der Waals surface area contributed by atoms with Crippen LogP contribution in [0.15, 0.2) is 41.8 Å². The second-order valence-electron chi connectivity index (χ2n) is 8.24. The Bertz CT molecular complexity index is 913. The zero-order valence-electron chi connectivity index (χ0n) is 16.1. The lowest BCUT2D eigenvalue weighted by atomic mass is 9.81. The number of carbonyl (C=O) groups is 1. The molecule has 28 heavy (non-hydrogen) atoms. The average molecular weight is 435 g/mol. The van der Waals surface area contributed by atoms with Crippen LogP contribution < -0.4 is 0 Å². The molecule has 1 aromatic carbocycles. The molecule has 1 aromatic heterocycles. The Hall–Kier alpha value is -1.33. The van der Waals surface area contributed by atoms with Gasteiger partial charge in [0.2, 0.25) is 5.91 Å². The van der Waals surface area contributed by atoms with E-state index >= 15 is 0 Å². The summed E-state index contributed by atoms with van der Waals surface area (Å²) in [5, 5.41) is 3.17. The predicted octanol–water partition coefficient (Wildman–Crippen LogP) is 5.33. The molecule has 0 N–H and O–H groups in total. The fraction of sp³-hybridized carbons (Fsp3) is 0.409. The summed E-state index contributed by atoms with van der Waals surface area (Å²) in [6.07, 6.45) is 4.73. The summed E-state index contributed by atoms with van der Waals surface area (Å²) >= 11 is 14.0. The molecule has 4 rings (SSSR count). The highest BCUT2D eigenvalue weighted by Gasteiger charge is 2.41. The molecule has 2 aliphatic heterocycles. The van der Waals surface area contributed by atoms with Gasteiger partial charge >= 0.3 is 0 Å². The summed E-state index contributed by atoms with van der Waals surface area (Å²) in [5.74, 6) is 0.139. The highest BCUT2D eigenvalue weighted by atomic mass is 35.5. The Morgan fingerprint density at radius 1 is 1.18 bits per heavy atom. The van der Waals surface area contributed by atoms with E-state index in [1.165, 1.54) is 10.4 Å². The normalized spacial score (nSPS) is 21.1. The average Bonchev–Trinajstić information content (AvgIpc) is 3.32. The fourth-order valence-corrected chi connectivity index (χ4v) is 5.60. The minimum atomic E-state index is -0.0451. The van der Waals surface area contributed by atoms with Gasteiger partial charge in [0.25, 0.3) is 0 Å². The van der Waals surface area contributed by atoms with Gasteiger partial charge in [-0.1, -0.05) is 55.3 Å². The molecule has 3 heterocycles. The molecule has 3 nitrogen and oxygen atoms in total. The largest absolute Gasteiger partial charge is 0.333 e. The molecular formula is C22H24Cl2N2OS. The second-order valence-corrected chi connectivity index (χ2v) is 9.97. The van der Waals surface area contributed by atoms with Crippen molar-refractivity contribution in [3.8, 4) is 0 Å². The van der Waals surface area contributed by atoms with Crippen molar-refractivity contribution in [2.75, 3.05) is 26.2 Å². The second kappa shape index (κ2) is 7.83. The number of rotatable bonds is 4. The molecule has 1 amide bonds. The third-order valence-corrected chi connectivity index (χ3v) is 7.63. The monoisotopic (exact) mass is 434 g/mol. The molecule has 1 atom stereocenters. The molecule has 0 radical (unpaired) electrons. The first-order valence-corrected chi connectivity index (χ1v) is 11.2. The van der Waals surface area contributed by atoms with Gasteiger partial charge in [0.15, 0.2) is 0 Å².